The maximum atomic E-state index is 12.6. The lowest BCUT2D eigenvalue weighted by molar-refractivity contribution is 0.197. The molecule has 0 saturated carbocycles. The second-order valence-corrected chi connectivity index (χ2v) is 8.06. The number of amides is 2. The van der Waals surface area contributed by atoms with Crippen molar-refractivity contribution in [3.8, 4) is 5.75 Å². The fourth-order valence-electron chi connectivity index (χ4n) is 4.45. The summed E-state index contributed by atoms with van der Waals surface area (Å²) in [5.74, 6) is 2.21. The molecular formula is C22H35N3O2. The first-order chi connectivity index (χ1) is 13.2. The number of ether oxygens (including phenoxy) is 1. The zero-order valence-electron chi connectivity index (χ0n) is 17.0. The van der Waals surface area contributed by atoms with Crippen LogP contribution in [0, 0.1) is 11.8 Å². The highest BCUT2D eigenvalue weighted by Crippen LogP contribution is 2.27. The minimum absolute atomic E-state index is 0.131. The topological polar surface area (TPSA) is 44.8 Å². The van der Waals surface area contributed by atoms with E-state index in [4.69, 9.17) is 4.74 Å². The Labute approximate surface area is 164 Å². The summed E-state index contributed by atoms with van der Waals surface area (Å²) in [4.78, 5) is 17.0. The molecule has 2 fully saturated rings. The first kappa shape index (κ1) is 19.8. The second kappa shape index (κ2) is 9.86. The largest absolute Gasteiger partial charge is 0.497 e. The van der Waals surface area contributed by atoms with Gasteiger partial charge in [-0.3, -0.25) is 0 Å². The highest BCUT2D eigenvalue weighted by molar-refractivity contribution is 5.74. The number of likely N-dealkylation sites (tertiary alicyclic amines) is 1. The Morgan fingerprint density at radius 3 is 2.85 bits per heavy atom. The minimum Gasteiger partial charge on any atom is -0.497 e. The van der Waals surface area contributed by atoms with Gasteiger partial charge in [0.25, 0.3) is 0 Å². The molecule has 0 aliphatic carbocycles. The third kappa shape index (κ3) is 5.53. The first-order valence-corrected chi connectivity index (χ1v) is 10.6. The second-order valence-electron chi connectivity index (χ2n) is 8.06. The Balaban J connectivity index is 1.43. The average Bonchev–Trinajstić information content (AvgIpc) is 3.05. The molecule has 5 nitrogen and oxygen atoms in total. The van der Waals surface area contributed by atoms with E-state index in [2.05, 4.69) is 29.3 Å². The Hall–Kier alpha value is -1.91. The van der Waals surface area contributed by atoms with Crippen LogP contribution in [0.15, 0.2) is 24.3 Å². The van der Waals surface area contributed by atoms with Crippen LogP contribution in [0.1, 0.15) is 45.4 Å². The van der Waals surface area contributed by atoms with E-state index in [-0.39, 0.29) is 6.03 Å². The standard InChI is InChI=1S/C22H35N3O2/c1-3-6-18-7-5-12-24(13-10-18)22(26)23-16-19-11-14-25(17-19)20-8-4-9-21(15-20)27-2/h4,8-9,15,18-19H,3,5-7,10-14,16-17H2,1-2H3,(H,23,26). The van der Waals surface area contributed by atoms with Crippen LogP contribution in [0.3, 0.4) is 0 Å². The van der Waals surface area contributed by atoms with Gasteiger partial charge in [-0.2, -0.15) is 0 Å². The number of hydrogen-bond donors (Lipinski definition) is 1. The van der Waals surface area contributed by atoms with E-state index in [1.54, 1.807) is 7.11 Å². The molecule has 1 aromatic carbocycles. The molecule has 1 N–H and O–H groups in total. The van der Waals surface area contributed by atoms with Crippen LogP contribution in [0.25, 0.3) is 0 Å². The lowest BCUT2D eigenvalue weighted by atomic mass is 9.96. The number of benzene rings is 1. The van der Waals surface area contributed by atoms with Gasteiger partial charge in [-0.1, -0.05) is 25.8 Å². The SMILES string of the molecule is CCCC1CCCN(C(=O)NCC2CCN(c3cccc(OC)c3)C2)CC1. The third-order valence-corrected chi connectivity index (χ3v) is 6.08. The smallest absolute Gasteiger partial charge is 0.317 e. The van der Waals surface area contributed by atoms with Crippen molar-refractivity contribution in [3.05, 3.63) is 24.3 Å². The third-order valence-electron chi connectivity index (χ3n) is 6.08. The summed E-state index contributed by atoms with van der Waals surface area (Å²) in [6.07, 6.45) is 7.26. The highest BCUT2D eigenvalue weighted by Gasteiger charge is 2.25. The van der Waals surface area contributed by atoms with Crippen molar-refractivity contribution < 1.29 is 9.53 Å². The van der Waals surface area contributed by atoms with E-state index in [0.717, 1.165) is 63.7 Å². The number of carbonyl (C=O) groups is 1. The number of methoxy groups -OCH3 is 1. The summed E-state index contributed by atoms with van der Waals surface area (Å²) in [6.45, 7) is 6.88. The van der Waals surface area contributed by atoms with E-state index >= 15 is 0 Å². The Morgan fingerprint density at radius 1 is 1.19 bits per heavy atom. The van der Waals surface area contributed by atoms with E-state index in [9.17, 15) is 4.79 Å². The molecule has 2 atom stereocenters. The average molecular weight is 374 g/mol. The van der Waals surface area contributed by atoms with Crippen molar-refractivity contribution in [2.24, 2.45) is 11.8 Å². The van der Waals surface area contributed by atoms with Crippen LogP contribution in [0.4, 0.5) is 10.5 Å². The van der Waals surface area contributed by atoms with Gasteiger partial charge in [-0.15, -0.1) is 0 Å². The fourth-order valence-corrected chi connectivity index (χ4v) is 4.45. The Morgan fingerprint density at radius 2 is 2.04 bits per heavy atom. The molecule has 2 aliphatic heterocycles. The Kier molecular flexibility index (Phi) is 7.25. The predicted molar refractivity (Wildman–Crippen MR) is 111 cm³/mol. The van der Waals surface area contributed by atoms with Gasteiger partial charge in [0, 0.05) is 44.5 Å². The van der Waals surface area contributed by atoms with Crippen molar-refractivity contribution in [3.63, 3.8) is 0 Å². The molecular weight excluding hydrogens is 338 g/mol. The normalized spacial score (nSPS) is 23.2. The minimum atomic E-state index is 0.131. The number of anilines is 1. The number of urea groups is 1. The lowest BCUT2D eigenvalue weighted by Crippen LogP contribution is -2.42. The molecule has 0 spiro atoms. The summed E-state index contributed by atoms with van der Waals surface area (Å²) in [7, 11) is 1.70. The maximum Gasteiger partial charge on any atom is 0.317 e. The molecule has 2 amide bonds. The molecule has 2 aliphatic rings. The quantitative estimate of drug-likeness (QED) is 0.815. The van der Waals surface area contributed by atoms with E-state index in [1.165, 1.54) is 24.9 Å². The van der Waals surface area contributed by atoms with Gasteiger partial charge in [-0.05, 0) is 49.7 Å². The molecule has 27 heavy (non-hydrogen) atoms. The Bertz CT molecular complexity index is 607. The number of nitrogens with one attached hydrogen (secondary N) is 1. The van der Waals surface area contributed by atoms with Gasteiger partial charge in [0.1, 0.15) is 5.75 Å². The summed E-state index contributed by atoms with van der Waals surface area (Å²) in [6, 6.07) is 8.36. The summed E-state index contributed by atoms with van der Waals surface area (Å²) in [5, 5.41) is 3.20. The molecule has 2 heterocycles. The van der Waals surface area contributed by atoms with Crippen LogP contribution in [0.2, 0.25) is 0 Å². The monoisotopic (exact) mass is 373 g/mol. The van der Waals surface area contributed by atoms with E-state index in [0.29, 0.717) is 5.92 Å². The van der Waals surface area contributed by atoms with Crippen LogP contribution < -0.4 is 15.0 Å². The first-order valence-electron chi connectivity index (χ1n) is 10.6. The summed E-state index contributed by atoms with van der Waals surface area (Å²) < 4.78 is 5.33. The van der Waals surface area contributed by atoms with Crippen molar-refractivity contribution in [1.82, 2.24) is 10.2 Å². The molecule has 0 bridgehead atoms. The van der Waals surface area contributed by atoms with E-state index < -0.39 is 0 Å². The van der Waals surface area contributed by atoms with Gasteiger partial charge in [0.2, 0.25) is 0 Å². The van der Waals surface area contributed by atoms with Gasteiger partial charge in [-0.25, -0.2) is 4.79 Å². The van der Waals surface area contributed by atoms with Crippen molar-refractivity contribution >= 4 is 11.7 Å². The lowest BCUT2D eigenvalue weighted by Gasteiger charge is -2.23. The molecule has 2 unspecified atom stereocenters. The fraction of sp³-hybridized carbons (Fsp3) is 0.682. The van der Waals surface area contributed by atoms with Crippen LogP contribution in [-0.2, 0) is 0 Å². The van der Waals surface area contributed by atoms with Crippen LogP contribution >= 0.6 is 0 Å². The van der Waals surface area contributed by atoms with Crippen molar-refractivity contribution in [2.75, 3.05) is 44.7 Å². The van der Waals surface area contributed by atoms with Gasteiger partial charge >= 0.3 is 6.03 Å². The number of nitrogens with zero attached hydrogens (tertiary/aromatic N) is 2. The predicted octanol–water partition coefficient (Wildman–Crippen LogP) is 4.13. The molecule has 150 valence electrons. The van der Waals surface area contributed by atoms with Gasteiger partial charge < -0.3 is 19.9 Å². The van der Waals surface area contributed by atoms with Crippen molar-refractivity contribution in [1.29, 1.82) is 0 Å². The summed E-state index contributed by atoms with van der Waals surface area (Å²) in [5.41, 5.74) is 1.21. The maximum absolute atomic E-state index is 12.6. The zero-order valence-corrected chi connectivity index (χ0v) is 17.0. The molecule has 3 rings (SSSR count). The van der Waals surface area contributed by atoms with Crippen LogP contribution in [-0.4, -0.2) is 50.8 Å². The number of rotatable bonds is 6. The molecule has 0 radical (unpaired) electrons. The number of carbonyl (C=O) groups excluding carboxylic acids is 1. The van der Waals surface area contributed by atoms with E-state index in [1.807, 2.05) is 17.0 Å². The number of hydrogen-bond acceptors (Lipinski definition) is 3. The van der Waals surface area contributed by atoms with Crippen LogP contribution in [0.5, 0.6) is 5.75 Å². The molecule has 0 aromatic heterocycles. The molecule has 2 saturated heterocycles. The van der Waals surface area contributed by atoms with Crippen molar-refractivity contribution in [2.45, 2.75) is 45.4 Å². The summed E-state index contributed by atoms with van der Waals surface area (Å²) >= 11 is 0. The van der Waals surface area contributed by atoms with Gasteiger partial charge in [0.05, 0.1) is 7.11 Å². The molecule has 1 aromatic rings. The van der Waals surface area contributed by atoms with Gasteiger partial charge in [0.15, 0.2) is 0 Å². The highest BCUT2D eigenvalue weighted by atomic mass is 16.5. The zero-order chi connectivity index (χ0) is 19.1. The molecule has 5 heteroatoms.